The summed E-state index contributed by atoms with van der Waals surface area (Å²) < 4.78 is 12.8. The minimum atomic E-state index is 0.513. The maximum absolute atomic E-state index is 5.94. The molecule has 0 amide bonds. The van der Waals surface area contributed by atoms with Gasteiger partial charge in [0, 0.05) is 4.47 Å². The Morgan fingerprint density at radius 3 is 1.70 bits per heavy atom. The molecule has 23 heavy (non-hydrogen) atoms. The highest BCUT2D eigenvalue weighted by atomic mass is 79.9. The number of hydrogen-bond donors (Lipinski definition) is 0. The number of halogens is 1. The van der Waals surface area contributed by atoms with E-state index in [4.69, 9.17) is 9.47 Å². The molecule has 0 radical (unpaired) electrons. The Hall–Kier alpha value is -2.26. The number of ether oxygens (including phenoxy) is 2. The van der Waals surface area contributed by atoms with E-state index in [0.29, 0.717) is 13.2 Å². The topological polar surface area (TPSA) is 18.5 Å². The lowest BCUT2D eigenvalue weighted by Crippen LogP contribution is -2.00. The van der Waals surface area contributed by atoms with E-state index in [9.17, 15) is 0 Å². The molecule has 0 aliphatic rings. The summed E-state index contributed by atoms with van der Waals surface area (Å²) in [4.78, 5) is 0. The fourth-order valence-electron chi connectivity index (χ4n) is 2.18. The van der Waals surface area contributed by atoms with Crippen molar-refractivity contribution in [2.45, 2.75) is 13.2 Å². The molecule has 0 spiro atoms. The van der Waals surface area contributed by atoms with E-state index >= 15 is 0 Å². The van der Waals surface area contributed by atoms with Gasteiger partial charge in [-0.1, -0.05) is 76.6 Å². The molecule has 0 saturated heterocycles. The summed E-state index contributed by atoms with van der Waals surface area (Å²) in [5.74, 6) is 1.48. The molecule has 0 unspecified atom stereocenters. The third-order valence-corrected chi connectivity index (χ3v) is 3.87. The molecule has 0 N–H and O–H groups in total. The van der Waals surface area contributed by atoms with Gasteiger partial charge in [0.1, 0.15) is 13.2 Å². The van der Waals surface area contributed by atoms with Crippen molar-refractivity contribution in [2.24, 2.45) is 0 Å². The van der Waals surface area contributed by atoms with Crippen molar-refractivity contribution in [3.8, 4) is 11.5 Å². The fraction of sp³-hybridized carbons (Fsp3) is 0.100. The first kappa shape index (κ1) is 15.6. The third kappa shape index (κ3) is 4.60. The monoisotopic (exact) mass is 368 g/mol. The summed E-state index contributed by atoms with van der Waals surface area (Å²) in [6.45, 7) is 1.03. The van der Waals surface area contributed by atoms with Gasteiger partial charge < -0.3 is 9.47 Å². The molecule has 0 aromatic heterocycles. The van der Waals surface area contributed by atoms with E-state index in [1.54, 1.807) is 0 Å². The van der Waals surface area contributed by atoms with Gasteiger partial charge in [-0.25, -0.2) is 0 Å². The maximum Gasteiger partial charge on any atom is 0.162 e. The van der Waals surface area contributed by atoms with Gasteiger partial charge in [0.25, 0.3) is 0 Å². The lowest BCUT2D eigenvalue weighted by molar-refractivity contribution is 0.256. The van der Waals surface area contributed by atoms with Crippen molar-refractivity contribution in [3.63, 3.8) is 0 Å². The Morgan fingerprint density at radius 1 is 0.609 bits per heavy atom. The summed E-state index contributed by atoms with van der Waals surface area (Å²) in [5.41, 5.74) is 2.26. The normalized spacial score (nSPS) is 10.3. The van der Waals surface area contributed by atoms with Crippen LogP contribution >= 0.6 is 15.9 Å². The Bertz CT molecular complexity index is 742. The zero-order valence-electron chi connectivity index (χ0n) is 12.6. The van der Waals surface area contributed by atoms with Crippen molar-refractivity contribution < 1.29 is 9.47 Å². The second-order valence-corrected chi connectivity index (χ2v) is 6.06. The Balaban J connectivity index is 1.70. The summed E-state index contributed by atoms with van der Waals surface area (Å²) in [6.07, 6.45) is 0. The lowest BCUT2D eigenvalue weighted by atomic mass is 10.2. The first-order chi connectivity index (χ1) is 11.3. The first-order valence-corrected chi connectivity index (χ1v) is 8.23. The maximum atomic E-state index is 5.94. The molecule has 0 bridgehead atoms. The van der Waals surface area contributed by atoms with Gasteiger partial charge in [0.05, 0.1) is 0 Å². The van der Waals surface area contributed by atoms with Crippen molar-refractivity contribution in [3.05, 3.63) is 94.5 Å². The van der Waals surface area contributed by atoms with Gasteiger partial charge in [0.2, 0.25) is 0 Å². The van der Waals surface area contributed by atoms with Crippen LogP contribution in [0.2, 0.25) is 0 Å². The Labute approximate surface area is 144 Å². The van der Waals surface area contributed by atoms with Crippen LogP contribution < -0.4 is 9.47 Å². The molecule has 0 aliphatic carbocycles. The van der Waals surface area contributed by atoms with Gasteiger partial charge in [-0.3, -0.25) is 0 Å². The van der Waals surface area contributed by atoms with Crippen LogP contribution in [0.15, 0.2) is 83.3 Å². The van der Waals surface area contributed by atoms with E-state index < -0.39 is 0 Å². The second-order valence-electron chi connectivity index (χ2n) is 5.14. The highest BCUT2D eigenvalue weighted by Gasteiger charge is 2.07. The molecule has 0 heterocycles. The molecule has 3 rings (SSSR count). The second kappa shape index (κ2) is 7.84. The SMILES string of the molecule is Brc1ccc(OCc2ccccc2)c(OCc2ccccc2)c1. The van der Waals surface area contributed by atoms with Crippen LogP contribution in [0.4, 0.5) is 0 Å². The van der Waals surface area contributed by atoms with Crippen molar-refractivity contribution in [1.82, 2.24) is 0 Å². The molecule has 0 atom stereocenters. The molecule has 0 saturated carbocycles. The van der Waals surface area contributed by atoms with Crippen LogP contribution in [0.5, 0.6) is 11.5 Å². The number of rotatable bonds is 6. The zero-order chi connectivity index (χ0) is 15.9. The van der Waals surface area contributed by atoms with Crippen LogP contribution in [0.25, 0.3) is 0 Å². The number of hydrogen-bond acceptors (Lipinski definition) is 2. The summed E-state index contributed by atoms with van der Waals surface area (Å²) in [6, 6.07) is 26.0. The van der Waals surface area contributed by atoms with Gasteiger partial charge in [-0.15, -0.1) is 0 Å². The molecule has 0 aliphatic heterocycles. The quantitative estimate of drug-likeness (QED) is 0.563. The smallest absolute Gasteiger partial charge is 0.162 e. The standard InChI is InChI=1S/C20H17BrO2/c21-18-11-12-19(22-14-16-7-3-1-4-8-16)20(13-18)23-15-17-9-5-2-6-10-17/h1-13H,14-15H2. The largest absolute Gasteiger partial charge is 0.485 e. The Morgan fingerprint density at radius 2 is 1.13 bits per heavy atom. The summed E-state index contributed by atoms with van der Waals surface area (Å²) in [7, 11) is 0. The van der Waals surface area contributed by atoms with Crippen molar-refractivity contribution in [2.75, 3.05) is 0 Å². The van der Waals surface area contributed by atoms with Crippen LogP contribution in [0, 0.1) is 0 Å². The van der Waals surface area contributed by atoms with Gasteiger partial charge in [-0.2, -0.15) is 0 Å². The van der Waals surface area contributed by atoms with Crippen LogP contribution in [-0.4, -0.2) is 0 Å². The van der Waals surface area contributed by atoms with Crippen molar-refractivity contribution in [1.29, 1.82) is 0 Å². The summed E-state index contributed by atoms with van der Waals surface area (Å²) >= 11 is 3.48. The highest BCUT2D eigenvalue weighted by Crippen LogP contribution is 2.31. The van der Waals surface area contributed by atoms with E-state index in [1.807, 2.05) is 78.9 Å². The lowest BCUT2D eigenvalue weighted by Gasteiger charge is -2.13. The summed E-state index contributed by atoms with van der Waals surface area (Å²) in [5, 5.41) is 0. The zero-order valence-corrected chi connectivity index (χ0v) is 14.2. The molecule has 116 valence electrons. The third-order valence-electron chi connectivity index (χ3n) is 3.38. The predicted octanol–water partition coefficient (Wildman–Crippen LogP) is 5.61. The molecular formula is C20H17BrO2. The minimum absolute atomic E-state index is 0.513. The molecule has 3 heteroatoms. The van der Waals surface area contributed by atoms with Gasteiger partial charge in [0.15, 0.2) is 11.5 Å². The first-order valence-electron chi connectivity index (χ1n) is 7.44. The van der Waals surface area contributed by atoms with Crippen LogP contribution in [0.3, 0.4) is 0 Å². The fourth-order valence-corrected chi connectivity index (χ4v) is 2.52. The van der Waals surface area contributed by atoms with Gasteiger partial charge in [-0.05, 0) is 29.3 Å². The average molecular weight is 369 g/mol. The van der Waals surface area contributed by atoms with E-state index in [0.717, 1.165) is 27.1 Å². The predicted molar refractivity (Wildman–Crippen MR) is 95.7 cm³/mol. The molecule has 3 aromatic carbocycles. The number of benzene rings is 3. The van der Waals surface area contributed by atoms with Crippen LogP contribution in [0.1, 0.15) is 11.1 Å². The average Bonchev–Trinajstić information content (AvgIpc) is 2.61. The van der Waals surface area contributed by atoms with E-state index in [1.165, 1.54) is 0 Å². The van der Waals surface area contributed by atoms with E-state index in [-0.39, 0.29) is 0 Å². The molecule has 0 fully saturated rings. The molecular weight excluding hydrogens is 352 g/mol. The Kier molecular flexibility index (Phi) is 5.33. The molecule has 3 aromatic rings. The highest BCUT2D eigenvalue weighted by molar-refractivity contribution is 9.10. The van der Waals surface area contributed by atoms with E-state index in [2.05, 4.69) is 15.9 Å². The van der Waals surface area contributed by atoms with Crippen molar-refractivity contribution >= 4 is 15.9 Å². The van der Waals surface area contributed by atoms with Crippen LogP contribution in [-0.2, 0) is 13.2 Å². The van der Waals surface area contributed by atoms with Gasteiger partial charge >= 0.3 is 0 Å². The molecule has 2 nitrogen and oxygen atoms in total. The minimum Gasteiger partial charge on any atom is -0.485 e.